The highest BCUT2D eigenvalue weighted by Gasteiger charge is 2.03. The van der Waals surface area contributed by atoms with Crippen molar-refractivity contribution in [3.05, 3.63) is 28.5 Å². The quantitative estimate of drug-likeness (QED) is 0.669. The minimum absolute atomic E-state index is 0.431. The zero-order valence-electron chi connectivity index (χ0n) is 8.71. The van der Waals surface area contributed by atoms with Crippen molar-refractivity contribution >= 4 is 28.9 Å². The molecule has 0 aliphatic carbocycles. The van der Waals surface area contributed by atoms with Gasteiger partial charge in [-0.25, -0.2) is 4.98 Å². The average Bonchev–Trinajstić information content (AvgIpc) is 2.78. The van der Waals surface area contributed by atoms with Crippen LogP contribution in [0.3, 0.4) is 0 Å². The molecule has 0 saturated heterocycles. The molecule has 4 nitrogen and oxygen atoms in total. The summed E-state index contributed by atoms with van der Waals surface area (Å²) in [5.74, 6) is 0.950. The number of thiophene rings is 1. The summed E-state index contributed by atoms with van der Waals surface area (Å²) in [5.41, 5.74) is 5.64. The normalized spacial score (nSPS) is 10.3. The fourth-order valence-corrected chi connectivity index (χ4v) is 2.12. The van der Waals surface area contributed by atoms with E-state index in [-0.39, 0.29) is 0 Å². The summed E-state index contributed by atoms with van der Waals surface area (Å²) in [6.07, 6.45) is 1.90. The summed E-state index contributed by atoms with van der Waals surface area (Å²) < 4.78 is 5.54. The lowest BCUT2D eigenvalue weighted by molar-refractivity contribution is 0.294. The minimum atomic E-state index is 0.431. The van der Waals surface area contributed by atoms with E-state index in [1.165, 1.54) is 11.8 Å². The Morgan fingerprint density at radius 2 is 2.38 bits per heavy atom. The lowest BCUT2D eigenvalue weighted by atomic mass is 10.5. The predicted octanol–water partition coefficient (Wildman–Crippen LogP) is 2.42. The Kier molecular flexibility index (Phi) is 3.63. The number of thioether (sulfide) groups is 1. The van der Waals surface area contributed by atoms with E-state index in [9.17, 15) is 0 Å². The average molecular weight is 253 g/mol. The second-order valence-electron chi connectivity index (χ2n) is 2.99. The molecule has 0 fully saturated rings. The molecule has 84 valence electrons. The van der Waals surface area contributed by atoms with Gasteiger partial charge < -0.3 is 10.5 Å². The fraction of sp³-hybridized carbons (Fsp3) is 0.200. The zero-order chi connectivity index (χ0) is 11.4. The van der Waals surface area contributed by atoms with E-state index < -0.39 is 0 Å². The molecule has 0 saturated carbocycles. The number of nitrogen functional groups attached to an aromatic ring is 1. The molecule has 0 bridgehead atoms. The van der Waals surface area contributed by atoms with Gasteiger partial charge in [0.2, 0.25) is 5.88 Å². The van der Waals surface area contributed by atoms with Crippen molar-refractivity contribution in [2.75, 3.05) is 12.0 Å². The molecule has 0 aliphatic heterocycles. The van der Waals surface area contributed by atoms with Crippen molar-refractivity contribution in [1.82, 2.24) is 9.97 Å². The summed E-state index contributed by atoms with van der Waals surface area (Å²) in [5, 5.41) is 2.64. The van der Waals surface area contributed by atoms with E-state index in [0.29, 0.717) is 23.5 Å². The van der Waals surface area contributed by atoms with Gasteiger partial charge in [0.25, 0.3) is 0 Å². The van der Waals surface area contributed by atoms with Gasteiger partial charge in [0.05, 0.1) is 0 Å². The van der Waals surface area contributed by atoms with Crippen LogP contribution in [0.2, 0.25) is 0 Å². The summed E-state index contributed by atoms with van der Waals surface area (Å²) in [4.78, 5) is 9.41. The number of hydrogen-bond donors (Lipinski definition) is 1. The van der Waals surface area contributed by atoms with Gasteiger partial charge in [-0.2, -0.15) is 4.98 Å². The van der Waals surface area contributed by atoms with Gasteiger partial charge in [-0.3, -0.25) is 0 Å². The van der Waals surface area contributed by atoms with Crippen LogP contribution in [-0.4, -0.2) is 16.2 Å². The van der Waals surface area contributed by atoms with Crippen molar-refractivity contribution in [3.8, 4) is 5.88 Å². The summed E-state index contributed by atoms with van der Waals surface area (Å²) >= 11 is 3.09. The third-order valence-corrected chi connectivity index (χ3v) is 3.22. The molecule has 2 heterocycles. The molecule has 0 aromatic carbocycles. The van der Waals surface area contributed by atoms with Crippen LogP contribution in [0.4, 0.5) is 5.82 Å². The standard InChI is InChI=1S/C10H11N3OS2/c1-15-10-12-8(11)5-9(13-10)14-6-7-3-2-4-16-7/h2-5H,6H2,1H3,(H2,11,12,13). The molecule has 0 unspecified atom stereocenters. The Labute approximate surface area is 102 Å². The van der Waals surface area contributed by atoms with E-state index >= 15 is 0 Å². The van der Waals surface area contributed by atoms with Crippen molar-refractivity contribution < 1.29 is 4.74 Å². The van der Waals surface area contributed by atoms with Gasteiger partial charge in [0.1, 0.15) is 12.4 Å². The van der Waals surface area contributed by atoms with Crippen LogP contribution in [0.15, 0.2) is 28.7 Å². The molecule has 2 aromatic heterocycles. The van der Waals surface area contributed by atoms with Crippen LogP contribution in [0, 0.1) is 0 Å². The van der Waals surface area contributed by atoms with E-state index in [2.05, 4.69) is 9.97 Å². The number of hydrogen-bond acceptors (Lipinski definition) is 6. The fourth-order valence-electron chi connectivity index (χ4n) is 1.13. The van der Waals surface area contributed by atoms with Crippen molar-refractivity contribution in [2.24, 2.45) is 0 Å². The molecule has 2 rings (SSSR count). The van der Waals surface area contributed by atoms with Crippen LogP contribution < -0.4 is 10.5 Å². The van der Waals surface area contributed by atoms with Crippen LogP contribution in [0.1, 0.15) is 4.88 Å². The molecule has 2 N–H and O–H groups in total. The molecule has 2 aromatic rings. The smallest absolute Gasteiger partial charge is 0.219 e. The van der Waals surface area contributed by atoms with Gasteiger partial charge in [-0.05, 0) is 17.7 Å². The molecule has 0 spiro atoms. The third-order valence-electron chi connectivity index (χ3n) is 1.83. The second kappa shape index (κ2) is 5.18. The van der Waals surface area contributed by atoms with Crippen molar-refractivity contribution in [3.63, 3.8) is 0 Å². The van der Waals surface area contributed by atoms with Crippen molar-refractivity contribution in [2.45, 2.75) is 11.8 Å². The SMILES string of the molecule is CSc1nc(N)cc(OCc2cccs2)n1. The number of aromatic nitrogens is 2. The first-order valence-corrected chi connectivity index (χ1v) is 6.72. The second-order valence-corrected chi connectivity index (χ2v) is 4.79. The lowest BCUT2D eigenvalue weighted by Crippen LogP contribution is -2.00. The predicted molar refractivity (Wildman–Crippen MR) is 66.9 cm³/mol. The number of ether oxygens (including phenoxy) is 1. The highest BCUT2D eigenvalue weighted by Crippen LogP contribution is 2.18. The Morgan fingerprint density at radius 1 is 1.50 bits per heavy atom. The molecule has 0 amide bonds. The highest BCUT2D eigenvalue weighted by molar-refractivity contribution is 7.98. The van der Waals surface area contributed by atoms with Crippen LogP contribution in [0.25, 0.3) is 0 Å². The number of rotatable bonds is 4. The maximum atomic E-state index is 5.64. The monoisotopic (exact) mass is 253 g/mol. The van der Waals surface area contributed by atoms with Crippen molar-refractivity contribution in [1.29, 1.82) is 0 Å². The third kappa shape index (κ3) is 2.86. The maximum absolute atomic E-state index is 5.64. The number of nitrogens with two attached hydrogens (primary N) is 1. The zero-order valence-corrected chi connectivity index (χ0v) is 10.3. The lowest BCUT2D eigenvalue weighted by Gasteiger charge is -2.05. The largest absolute Gasteiger partial charge is 0.472 e. The molecule has 16 heavy (non-hydrogen) atoms. The molecule has 0 atom stereocenters. The molecule has 0 radical (unpaired) electrons. The summed E-state index contributed by atoms with van der Waals surface area (Å²) in [7, 11) is 0. The van der Waals surface area contributed by atoms with Gasteiger partial charge in [-0.15, -0.1) is 11.3 Å². The van der Waals surface area contributed by atoms with E-state index in [4.69, 9.17) is 10.5 Å². The van der Waals surface area contributed by atoms with Crippen LogP contribution in [-0.2, 0) is 6.61 Å². The number of nitrogens with zero attached hydrogens (tertiary/aromatic N) is 2. The van der Waals surface area contributed by atoms with Gasteiger partial charge in [0, 0.05) is 10.9 Å². The summed E-state index contributed by atoms with van der Waals surface area (Å²) in [6.45, 7) is 0.516. The minimum Gasteiger partial charge on any atom is -0.472 e. The molecular formula is C10H11N3OS2. The van der Waals surface area contributed by atoms with Gasteiger partial charge in [0.15, 0.2) is 5.16 Å². The van der Waals surface area contributed by atoms with E-state index in [1.807, 2.05) is 23.8 Å². The number of anilines is 1. The Hall–Kier alpha value is -1.27. The van der Waals surface area contributed by atoms with Crippen LogP contribution >= 0.6 is 23.1 Å². The van der Waals surface area contributed by atoms with Crippen LogP contribution in [0.5, 0.6) is 5.88 Å². The van der Waals surface area contributed by atoms with Gasteiger partial charge in [-0.1, -0.05) is 17.8 Å². The first kappa shape index (κ1) is 11.2. The molecule has 6 heteroatoms. The topological polar surface area (TPSA) is 61.0 Å². The highest BCUT2D eigenvalue weighted by atomic mass is 32.2. The first-order valence-electron chi connectivity index (χ1n) is 4.61. The Balaban J connectivity index is 2.06. The van der Waals surface area contributed by atoms with E-state index in [1.54, 1.807) is 17.4 Å². The Bertz CT molecular complexity index is 459. The van der Waals surface area contributed by atoms with E-state index in [0.717, 1.165) is 4.88 Å². The maximum Gasteiger partial charge on any atom is 0.219 e. The first-order chi connectivity index (χ1) is 7.78. The molecule has 0 aliphatic rings. The molecular weight excluding hydrogens is 242 g/mol. The Morgan fingerprint density at radius 3 is 3.06 bits per heavy atom. The van der Waals surface area contributed by atoms with Gasteiger partial charge >= 0.3 is 0 Å². The summed E-state index contributed by atoms with van der Waals surface area (Å²) in [6, 6.07) is 5.64.